The number of aromatic amines is 1. The van der Waals surface area contributed by atoms with Gasteiger partial charge < -0.3 is 5.11 Å². The van der Waals surface area contributed by atoms with Gasteiger partial charge in [-0.05, 0) is 32.4 Å². The monoisotopic (exact) mass is 372 g/mol. The van der Waals surface area contributed by atoms with E-state index in [0.29, 0.717) is 6.04 Å². The molecule has 2 aromatic rings. The van der Waals surface area contributed by atoms with E-state index in [0.717, 1.165) is 56.0 Å². The Morgan fingerprint density at radius 2 is 2.22 bits per heavy atom. The van der Waals surface area contributed by atoms with Crippen LogP contribution in [-0.4, -0.2) is 63.9 Å². The van der Waals surface area contributed by atoms with E-state index in [1.807, 2.05) is 12.3 Å². The predicted octanol–water partition coefficient (Wildman–Crippen LogP) is 3.05. The van der Waals surface area contributed by atoms with Gasteiger partial charge in [0.2, 0.25) is 0 Å². The standard InChI is InChI=1S/C21H29FN4O/c1-16(2)6-8-26-10-9-25(15-20(26)7-11-27)14-18-13-23-24-21(18)17-4-3-5-19(22)12-17/h3-6,12-13,20,27H,7-11,14-15H2,1-2H3,(H,23,24)/t20-/m1/s1. The number of aromatic nitrogens is 2. The Hall–Kier alpha value is -2.02. The van der Waals surface area contributed by atoms with Crippen LogP contribution in [0.5, 0.6) is 0 Å². The summed E-state index contributed by atoms with van der Waals surface area (Å²) < 4.78 is 13.6. The van der Waals surface area contributed by atoms with Gasteiger partial charge in [0.25, 0.3) is 0 Å². The molecular weight excluding hydrogens is 343 g/mol. The maximum atomic E-state index is 13.6. The predicted molar refractivity (Wildman–Crippen MR) is 106 cm³/mol. The summed E-state index contributed by atoms with van der Waals surface area (Å²) >= 11 is 0. The molecule has 1 aromatic heterocycles. The van der Waals surface area contributed by atoms with Gasteiger partial charge in [0.15, 0.2) is 0 Å². The second-order valence-electron chi connectivity index (χ2n) is 7.46. The number of nitrogens with zero attached hydrogens (tertiary/aromatic N) is 3. The fraction of sp³-hybridized carbons (Fsp3) is 0.476. The fourth-order valence-corrected chi connectivity index (χ4v) is 3.63. The summed E-state index contributed by atoms with van der Waals surface area (Å²) in [6.07, 6.45) is 4.85. The molecule has 3 rings (SSSR count). The van der Waals surface area contributed by atoms with Gasteiger partial charge in [-0.25, -0.2) is 4.39 Å². The molecule has 0 bridgehead atoms. The Kier molecular flexibility index (Phi) is 6.77. The maximum absolute atomic E-state index is 13.6. The minimum Gasteiger partial charge on any atom is -0.396 e. The van der Waals surface area contributed by atoms with E-state index in [1.54, 1.807) is 6.07 Å². The number of allylic oxidation sites excluding steroid dienone is 1. The van der Waals surface area contributed by atoms with Crippen molar-refractivity contribution in [2.24, 2.45) is 0 Å². The number of H-pyrrole nitrogens is 1. The number of hydrogen-bond acceptors (Lipinski definition) is 4. The Morgan fingerprint density at radius 3 is 2.96 bits per heavy atom. The van der Waals surface area contributed by atoms with Crippen molar-refractivity contribution in [2.45, 2.75) is 32.9 Å². The molecule has 0 saturated carbocycles. The van der Waals surface area contributed by atoms with Gasteiger partial charge in [-0.1, -0.05) is 23.8 Å². The van der Waals surface area contributed by atoms with Gasteiger partial charge in [0, 0.05) is 56.5 Å². The van der Waals surface area contributed by atoms with Crippen LogP contribution >= 0.6 is 0 Å². The zero-order valence-corrected chi connectivity index (χ0v) is 16.2. The van der Waals surface area contributed by atoms with Gasteiger partial charge in [0.1, 0.15) is 5.82 Å². The van der Waals surface area contributed by atoms with Crippen LogP contribution in [0.15, 0.2) is 42.1 Å². The molecule has 0 aliphatic carbocycles. The third-order valence-electron chi connectivity index (χ3n) is 5.11. The van der Waals surface area contributed by atoms with Crippen LogP contribution in [0.2, 0.25) is 0 Å². The number of hydrogen-bond donors (Lipinski definition) is 2. The fourth-order valence-electron chi connectivity index (χ4n) is 3.63. The van der Waals surface area contributed by atoms with Crippen molar-refractivity contribution in [1.29, 1.82) is 0 Å². The molecule has 27 heavy (non-hydrogen) atoms. The highest BCUT2D eigenvalue weighted by Gasteiger charge is 2.26. The Labute approximate surface area is 160 Å². The minimum absolute atomic E-state index is 0.198. The van der Waals surface area contributed by atoms with Crippen molar-refractivity contribution in [1.82, 2.24) is 20.0 Å². The van der Waals surface area contributed by atoms with E-state index in [1.165, 1.54) is 17.7 Å². The SMILES string of the molecule is CC(C)=CCN1CCN(Cc2cn[nH]c2-c2cccc(F)c2)C[C@H]1CCO. The average Bonchev–Trinajstić information content (AvgIpc) is 3.09. The Morgan fingerprint density at radius 1 is 1.37 bits per heavy atom. The number of nitrogens with one attached hydrogen (secondary N) is 1. The molecule has 1 aromatic carbocycles. The lowest BCUT2D eigenvalue weighted by Gasteiger charge is -2.41. The third kappa shape index (κ3) is 5.25. The van der Waals surface area contributed by atoms with Crippen LogP contribution in [0.25, 0.3) is 11.3 Å². The first kappa shape index (κ1) is 19.7. The molecule has 0 unspecified atom stereocenters. The summed E-state index contributed by atoms with van der Waals surface area (Å²) in [4.78, 5) is 4.84. The number of aliphatic hydroxyl groups is 1. The number of halogens is 1. The summed E-state index contributed by atoms with van der Waals surface area (Å²) in [6.45, 7) is 8.97. The summed E-state index contributed by atoms with van der Waals surface area (Å²) in [5, 5.41) is 16.7. The van der Waals surface area contributed by atoms with E-state index < -0.39 is 0 Å². The second-order valence-corrected chi connectivity index (χ2v) is 7.46. The molecule has 1 aliphatic rings. The van der Waals surface area contributed by atoms with Crippen LogP contribution in [-0.2, 0) is 6.54 Å². The molecule has 1 aliphatic heterocycles. The molecule has 0 spiro atoms. The zero-order valence-electron chi connectivity index (χ0n) is 16.2. The van der Waals surface area contributed by atoms with Crippen molar-refractivity contribution in [3.05, 3.63) is 53.5 Å². The molecule has 146 valence electrons. The van der Waals surface area contributed by atoms with E-state index in [9.17, 15) is 9.50 Å². The largest absolute Gasteiger partial charge is 0.396 e. The first-order valence-electron chi connectivity index (χ1n) is 9.55. The summed E-state index contributed by atoms with van der Waals surface area (Å²) in [6, 6.07) is 6.93. The molecule has 2 heterocycles. The van der Waals surface area contributed by atoms with E-state index in [-0.39, 0.29) is 12.4 Å². The number of rotatable bonds is 7. The van der Waals surface area contributed by atoms with Crippen LogP contribution < -0.4 is 0 Å². The Balaban J connectivity index is 1.69. The second kappa shape index (κ2) is 9.26. The first-order chi connectivity index (χ1) is 13.1. The lowest BCUT2D eigenvalue weighted by atomic mass is 10.1. The molecule has 2 N–H and O–H groups in total. The van der Waals surface area contributed by atoms with Crippen LogP contribution in [0.1, 0.15) is 25.8 Å². The first-order valence-corrected chi connectivity index (χ1v) is 9.55. The summed E-state index contributed by atoms with van der Waals surface area (Å²) in [5.41, 5.74) is 4.08. The highest BCUT2D eigenvalue weighted by molar-refractivity contribution is 5.62. The lowest BCUT2D eigenvalue weighted by Crippen LogP contribution is -2.53. The molecule has 0 amide bonds. The van der Waals surface area contributed by atoms with E-state index in [2.05, 4.69) is 39.9 Å². The number of piperazine rings is 1. The van der Waals surface area contributed by atoms with Crippen molar-refractivity contribution >= 4 is 0 Å². The van der Waals surface area contributed by atoms with Crippen molar-refractivity contribution < 1.29 is 9.50 Å². The summed E-state index contributed by atoms with van der Waals surface area (Å²) in [5.74, 6) is -0.246. The molecule has 1 fully saturated rings. The zero-order chi connectivity index (χ0) is 19.2. The van der Waals surface area contributed by atoms with E-state index in [4.69, 9.17) is 0 Å². The molecule has 1 saturated heterocycles. The average molecular weight is 372 g/mol. The topological polar surface area (TPSA) is 55.4 Å². The van der Waals surface area contributed by atoms with Crippen LogP contribution in [0, 0.1) is 5.82 Å². The minimum atomic E-state index is -0.246. The molecular formula is C21H29FN4O. The number of aliphatic hydroxyl groups excluding tert-OH is 1. The van der Waals surface area contributed by atoms with Crippen molar-refractivity contribution in [2.75, 3.05) is 32.8 Å². The third-order valence-corrected chi connectivity index (χ3v) is 5.11. The normalized spacial score (nSPS) is 18.6. The van der Waals surface area contributed by atoms with Crippen LogP contribution in [0.4, 0.5) is 4.39 Å². The molecule has 0 radical (unpaired) electrons. The Bertz CT molecular complexity index is 769. The lowest BCUT2D eigenvalue weighted by molar-refractivity contribution is 0.0637. The van der Waals surface area contributed by atoms with Gasteiger partial charge in [0.05, 0.1) is 11.9 Å². The van der Waals surface area contributed by atoms with E-state index >= 15 is 0 Å². The number of benzene rings is 1. The maximum Gasteiger partial charge on any atom is 0.123 e. The van der Waals surface area contributed by atoms with Gasteiger partial charge >= 0.3 is 0 Å². The van der Waals surface area contributed by atoms with Gasteiger partial charge in [-0.15, -0.1) is 0 Å². The quantitative estimate of drug-likeness (QED) is 0.734. The van der Waals surface area contributed by atoms with Gasteiger partial charge in [-0.2, -0.15) is 5.10 Å². The summed E-state index contributed by atoms with van der Waals surface area (Å²) in [7, 11) is 0. The highest BCUT2D eigenvalue weighted by Crippen LogP contribution is 2.24. The molecule has 5 nitrogen and oxygen atoms in total. The van der Waals surface area contributed by atoms with Gasteiger partial charge in [-0.3, -0.25) is 14.9 Å². The van der Waals surface area contributed by atoms with Crippen molar-refractivity contribution in [3.8, 4) is 11.3 Å². The molecule has 6 heteroatoms. The highest BCUT2D eigenvalue weighted by atomic mass is 19.1. The van der Waals surface area contributed by atoms with Crippen molar-refractivity contribution in [3.63, 3.8) is 0 Å². The smallest absolute Gasteiger partial charge is 0.123 e. The molecule has 1 atom stereocenters. The van der Waals surface area contributed by atoms with Crippen LogP contribution in [0.3, 0.4) is 0 Å².